The van der Waals surface area contributed by atoms with Crippen LogP contribution >= 0.6 is 0 Å². The summed E-state index contributed by atoms with van der Waals surface area (Å²) in [7, 11) is 0. The molecular weight excluding hydrogens is 426 g/mol. The normalized spacial score (nSPS) is 20.9. The number of hydrazine groups is 1. The maximum absolute atomic E-state index is 3.65. The molecule has 3 heterocycles. The van der Waals surface area contributed by atoms with E-state index in [0.29, 0.717) is 0 Å². The van der Waals surface area contributed by atoms with Gasteiger partial charge < -0.3 is 4.57 Å². The zero-order chi connectivity index (χ0) is 23.3. The average molecular weight is 452 g/mol. The summed E-state index contributed by atoms with van der Waals surface area (Å²) in [6.07, 6.45) is 15.4. The number of allylic oxidation sites excluding steroid dienone is 5. The van der Waals surface area contributed by atoms with E-state index in [4.69, 9.17) is 0 Å². The lowest BCUT2D eigenvalue weighted by atomic mass is 9.81. The number of hydrogen-bond acceptors (Lipinski definition) is 2. The van der Waals surface area contributed by atoms with Gasteiger partial charge in [0.05, 0.1) is 28.5 Å². The summed E-state index contributed by atoms with van der Waals surface area (Å²) in [4.78, 5) is 0. The van der Waals surface area contributed by atoms with Crippen LogP contribution < -0.4 is 5.43 Å². The molecule has 35 heavy (non-hydrogen) atoms. The van der Waals surface area contributed by atoms with Gasteiger partial charge in [0.15, 0.2) is 0 Å². The molecule has 1 unspecified atom stereocenters. The summed E-state index contributed by atoms with van der Waals surface area (Å²) in [5.41, 5.74) is 15.4. The molecule has 1 aromatic heterocycles. The molecule has 0 radical (unpaired) electrons. The van der Waals surface area contributed by atoms with Gasteiger partial charge in [-0.25, -0.2) is 5.43 Å². The Balaban J connectivity index is 1.43. The van der Waals surface area contributed by atoms with Gasteiger partial charge in [-0.3, -0.25) is 5.01 Å². The SMILES string of the molecule is CC1(C)c2ccccc2-c2ccc3c4ccccc4n(C4=CN5NC6C=CC=CC6=C5C=C4)c3c21. The largest absolute Gasteiger partial charge is 0.307 e. The Morgan fingerprint density at radius 3 is 2.60 bits per heavy atom. The standard InChI is InChI=1S/C32H25N3/c1-32(2)26-12-6-3-9-21(26)23-16-17-24-22-10-5-8-14-29(22)35(31(24)30(23)32)20-15-18-28-25-11-4-7-13-27(25)33-34(28)19-20/h3-19,27,33H,1-2H3. The van der Waals surface area contributed by atoms with E-state index in [2.05, 4.69) is 132 Å². The molecule has 0 bridgehead atoms. The van der Waals surface area contributed by atoms with Gasteiger partial charge in [-0.1, -0.05) is 92.7 Å². The number of nitrogens with one attached hydrogen (secondary N) is 1. The van der Waals surface area contributed by atoms with Crippen molar-refractivity contribution in [1.82, 2.24) is 15.0 Å². The minimum atomic E-state index is -0.0833. The van der Waals surface area contributed by atoms with Gasteiger partial charge >= 0.3 is 0 Å². The summed E-state index contributed by atoms with van der Waals surface area (Å²) >= 11 is 0. The van der Waals surface area contributed by atoms with Crippen LogP contribution in [0.1, 0.15) is 25.0 Å². The van der Waals surface area contributed by atoms with Crippen LogP contribution in [0.4, 0.5) is 0 Å². The van der Waals surface area contributed by atoms with Crippen LogP contribution in [0, 0.1) is 0 Å². The number of hydrogen-bond donors (Lipinski definition) is 1. The minimum Gasteiger partial charge on any atom is -0.307 e. The van der Waals surface area contributed by atoms with E-state index < -0.39 is 0 Å². The number of benzene rings is 3. The van der Waals surface area contributed by atoms with Crippen molar-refractivity contribution in [3.05, 3.63) is 126 Å². The highest BCUT2D eigenvalue weighted by atomic mass is 15.5. The average Bonchev–Trinajstić information content (AvgIpc) is 3.50. The van der Waals surface area contributed by atoms with E-state index in [-0.39, 0.29) is 11.5 Å². The zero-order valence-corrected chi connectivity index (χ0v) is 19.8. The Bertz CT molecular complexity index is 1750. The van der Waals surface area contributed by atoms with Gasteiger partial charge in [-0.2, -0.15) is 0 Å². The highest BCUT2D eigenvalue weighted by Gasteiger charge is 2.38. The number of aromatic nitrogens is 1. The third kappa shape index (κ3) is 2.38. The van der Waals surface area contributed by atoms with Gasteiger partial charge in [-0.05, 0) is 46.0 Å². The van der Waals surface area contributed by atoms with Gasteiger partial charge in [0.25, 0.3) is 0 Å². The van der Waals surface area contributed by atoms with Crippen molar-refractivity contribution in [2.45, 2.75) is 25.3 Å². The molecule has 2 aliphatic heterocycles. The summed E-state index contributed by atoms with van der Waals surface area (Å²) in [6.45, 7) is 4.75. The molecule has 168 valence electrons. The quantitative estimate of drug-likeness (QED) is 0.335. The molecule has 1 atom stereocenters. The lowest BCUT2D eigenvalue weighted by Gasteiger charge is -2.26. The number of para-hydroxylation sites is 1. The summed E-state index contributed by atoms with van der Waals surface area (Å²) < 4.78 is 2.48. The highest BCUT2D eigenvalue weighted by Crippen LogP contribution is 2.53. The van der Waals surface area contributed by atoms with Crippen LogP contribution in [0.3, 0.4) is 0 Å². The lowest BCUT2D eigenvalue weighted by Crippen LogP contribution is -2.33. The van der Waals surface area contributed by atoms with E-state index in [1.807, 2.05) is 0 Å². The van der Waals surface area contributed by atoms with Crippen LogP contribution in [0.5, 0.6) is 0 Å². The molecule has 0 saturated carbocycles. The van der Waals surface area contributed by atoms with Crippen LogP contribution in [0.2, 0.25) is 0 Å². The number of nitrogens with zero attached hydrogens (tertiary/aromatic N) is 2. The fourth-order valence-corrected chi connectivity index (χ4v) is 6.59. The summed E-state index contributed by atoms with van der Waals surface area (Å²) in [5, 5.41) is 4.80. The Hall–Kier alpha value is -4.08. The highest BCUT2D eigenvalue weighted by molar-refractivity contribution is 6.14. The molecule has 0 saturated heterocycles. The fraction of sp³-hybridized carbons (Fsp3) is 0.125. The van der Waals surface area contributed by atoms with E-state index in [1.54, 1.807) is 0 Å². The van der Waals surface area contributed by atoms with Crippen molar-refractivity contribution in [3.63, 3.8) is 0 Å². The second kappa shape index (κ2) is 6.53. The Kier molecular flexibility index (Phi) is 3.59. The molecule has 0 spiro atoms. The molecular formula is C32H25N3. The predicted molar refractivity (Wildman–Crippen MR) is 144 cm³/mol. The number of rotatable bonds is 1. The maximum Gasteiger partial charge on any atom is 0.0720 e. The minimum absolute atomic E-state index is 0.0833. The molecule has 3 heteroatoms. The second-order valence-electron chi connectivity index (χ2n) is 10.4. The first-order valence-corrected chi connectivity index (χ1v) is 12.3. The lowest BCUT2D eigenvalue weighted by molar-refractivity contribution is 0.371. The molecule has 3 aromatic carbocycles. The molecule has 4 aliphatic rings. The Labute approximate surface area is 204 Å². The van der Waals surface area contributed by atoms with Crippen molar-refractivity contribution < 1.29 is 0 Å². The maximum atomic E-state index is 3.65. The van der Waals surface area contributed by atoms with Crippen molar-refractivity contribution in [2.75, 3.05) is 0 Å². The molecule has 0 amide bonds. The topological polar surface area (TPSA) is 20.2 Å². The third-order valence-electron chi connectivity index (χ3n) is 8.14. The van der Waals surface area contributed by atoms with Crippen molar-refractivity contribution in [2.24, 2.45) is 0 Å². The first-order chi connectivity index (χ1) is 17.1. The predicted octanol–water partition coefficient (Wildman–Crippen LogP) is 7.04. The molecule has 8 rings (SSSR count). The second-order valence-corrected chi connectivity index (χ2v) is 10.4. The fourth-order valence-electron chi connectivity index (χ4n) is 6.59. The van der Waals surface area contributed by atoms with E-state index in [1.165, 1.54) is 61.0 Å². The summed E-state index contributed by atoms with van der Waals surface area (Å²) in [5.74, 6) is 0. The van der Waals surface area contributed by atoms with Crippen LogP contribution in [0.25, 0.3) is 38.6 Å². The Morgan fingerprint density at radius 2 is 1.66 bits per heavy atom. The monoisotopic (exact) mass is 451 g/mol. The van der Waals surface area contributed by atoms with Crippen molar-refractivity contribution in [3.8, 4) is 11.1 Å². The van der Waals surface area contributed by atoms with E-state index >= 15 is 0 Å². The molecule has 4 aromatic rings. The van der Waals surface area contributed by atoms with Crippen LogP contribution in [-0.2, 0) is 5.41 Å². The van der Waals surface area contributed by atoms with Crippen LogP contribution in [-0.4, -0.2) is 15.6 Å². The first-order valence-electron chi connectivity index (χ1n) is 12.3. The van der Waals surface area contributed by atoms with Crippen molar-refractivity contribution >= 4 is 27.5 Å². The zero-order valence-electron chi connectivity index (χ0n) is 19.8. The van der Waals surface area contributed by atoms with Crippen LogP contribution in [0.15, 0.2) is 115 Å². The number of fused-ring (bicyclic) bond motifs is 9. The molecule has 0 fully saturated rings. The molecule has 3 nitrogen and oxygen atoms in total. The van der Waals surface area contributed by atoms with Gasteiger partial charge in [-0.15, -0.1) is 0 Å². The van der Waals surface area contributed by atoms with Crippen molar-refractivity contribution in [1.29, 1.82) is 0 Å². The first kappa shape index (κ1) is 19.2. The molecule has 1 N–H and O–H groups in total. The summed E-state index contributed by atoms with van der Waals surface area (Å²) in [6, 6.07) is 22.6. The van der Waals surface area contributed by atoms with E-state index in [0.717, 1.165) is 0 Å². The van der Waals surface area contributed by atoms with Gasteiger partial charge in [0.1, 0.15) is 0 Å². The molecule has 2 aliphatic carbocycles. The van der Waals surface area contributed by atoms with Gasteiger partial charge in [0, 0.05) is 22.4 Å². The third-order valence-corrected chi connectivity index (χ3v) is 8.14. The Morgan fingerprint density at radius 1 is 0.800 bits per heavy atom. The van der Waals surface area contributed by atoms with Gasteiger partial charge in [0.2, 0.25) is 0 Å². The van der Waals surface area contributed by atoms with E-state index in [9.17, 15) is 0 Å². The smallest absolute Gasteiger partial charge is 0.0720 e.